The van der Waals surface area contributed by atoms with Crippen LogP contribution in [0, 0.1) is 0 Å². The topological polar surface area (TPSA) is 70.9 Å². The molecule has 0 aliphatic rings. The highest BCUT2D eigenvalue weighted by atomic mass is 35.5. The van der Waals surface area contributed by atoms with Gasteiger partial charge in [0.25, 0.3) is 0 Å². The van der Waals surface area contributed by atoms with Gasteiger partial charge in [0, 0.05) is 0 Å². The Morgan fingerprint density at radius 1 is 1.08 bits per heavy atom. The van der Waals surface area contributed by atoms with Crippen molar-refractivity contribution in [1.82, 2.24) is 0 Å². The molecule has 5 nitrogen and oxygen atoms in total. The van der Waals surface area contributed by atoms with E-state index in [-0.39, 0.29) is 10.6 Å². The highest BCUT2D eigenvalue weighted by Gasteiger charge is 2.09. The van der Waals surface area contributed by atoms with Crippen LogP contribution in [0.4, 0.5) is 5.69 Å². The molecule has 0 fully saturated rings. The summed E-state index contributed by atoms with van der Waals surface area (Å²) in [6.45, 7) is 1.88. The van der Waals surface area contributed by atoms with Gasteiger partial charge in [0.05, 0.1) is 29.1 Å². The third-order valence-electron chi connectivity index (χ3n) is 4.01. The van der Waals surface area contributed by atoms with Gasteiger partial charge in [-0.05, 0) is 59.7 Å². The summed E-state index contributed by atoms with van der Waals surface area (Å²) in [4.78, 5) is 11.1. The number of hydrogen-bond donors (Lipinski definition) is 2. The third kappa shape index (κ3) is 3.78. The first-order valence-corrected chi connectivity index (χ1v) is 8.27. The van der Waals surface area contributed by atoms with Crippen molar-refractivity contribution in [1.29, 1.82) is 0 Å². The van der Waals surface area contributed by atoms with Crippen LogP contribution in [-0.4, -0.2) is 23.9 Å². The number of rotatable bonds is 5. The third-order valence-corrected chi connectivity index (χ3v) is 4.34. The summed E-state index contributed by atoms with van der Waals surface area (Å²) >= 11 is 5.87. The molecule has 0 aliphatic carbocycles. The number of nitrogens with one attached hydrogen (secondary N) is 1. The largest absolute Gasteiger partial charge is 0.497 e. The quantitative estimate of drug-likeness (QED) is 0.489. The van der Waals surface area contributed by atoms with Crippen molar-refractivity contribution in [3.05, 3.63) is 70.7 Å². The fourth-order valence-corrected chi connectivity index (χ4v) is 2.75. The first-order chi connectivity index (χ1) is 12.5. The van der Waals surface area contributed by atoms with Crippen LogP contribution in [0.25, 0.3) is 10.8 Å². The number of benzene rings is 3. The number of carboxylic acid groups (broad SMARTS) is 1. The van der Waals surface area contributed by atoms with Crippen LogP contribution >= 0.6 is 11.6 Å². The molecule has 0 aliphatic heterocycles. The van der Waals surface area contributed by atoms with Crippen molar-refractivity contribution >= 4 is 39.7 Å². The molecule has 0 atom stereocenters. The van der Waals surface area contributed by atoms with Gasteiger partial charge in [0.15, 0.2) is 0 Å². The Bertz CT molecular complexity index is 1020. The molecule has 0 saturated heterocycles. The summed E-state index contributed by atoms with van der Waals surface area (Å²) in [5.41, 5.74) is 5.20. The van der Waals surface area contributed by atoms with Gasteiger partial charge in [-0.1, -0.05) is 29.8 Å². The number of hydrogen-bond acceptors (Lipinski definition) is 4. The molecule has 0 saturated carbocycles. The van der Waals surface area contributed by atoms with Gasteiger partial charge < -0.3 is 9.84 Å². The SMILES string of the molecule is COc1ccc2cc(C(C)=NNc3ccc(Cl)c(C(=O)O)c3)ccc2c1. The maximum atomic E-state index is 11.1. The van der Waals surface area contributed by atoms with Crippen molar-refractivity contribution < 1.29 is 14.6 Å². The lowest BCUT2D eigenvalue weighted by atomic mass is 10.0. The van der Waals surface area contributed by atoms with E-state index in [2.05, 4.69) is 10.5 Å². The second-order valence-electron chi connectivity index (χ2n) is 5.74. The first kappa shape index (κ1) is 17.8. The fourth-order valence-electron chi connectivity index (χ4n) is 2.55. The molecule has 0 amide bonds. The highest BCUT2D eigenvalue weighted by Crippen LogP contribution is 2.23. The van der Waals surface area contributed by atoms with Gasteiger partial charge in [-0.15, -0.1) is 0 Å². The van der Waals surface area contributed by atoms with E-state index in [1.807, 2.05) is 43.3 Å². The highest BCUT2D eigenvalue weighted by molar-refractivity contribution is 6.33. The zero-order valence-corrected chi connectivity index (χ0v) is 15.0. The van der Waals surface area contributed by atoms with Gasteiger partial charge in [-0.3, -0.25) is 5.43 Å². The maximum absolute atomic E-state index is 11.1. The number of ether oxygens (including phenoxy) is 1. The lowest BCUT2D eigenvalue weighted by Gasteiger charge is -2.07. The number of carboxylic acids is 1. The van der Waals surface area contributed by atoms with Gasteiger partial charge >= 0.3 is 5.97 Å². The van der Waals surface area contributed by atoms with Crippen molar-refractivity contribution in [2.24, 2.45) is 5.10 Å². The van der Waals surface area contributed by atoms with Crippen LogP contribution in [-0.2, 0) is 0 Å². The maximum Gasteiger partial charge on any atom is 0.337 e. The number of anilines is 1. The smallest absolute Gasteiger partial charge is 0.337 e. The van der Waals surface area contributed by atoms with Gasteiger partial charge in [-0.25, -0.2) is 4.79 Å². The minimum absolute atomic E-state index is 0.0316. The lowest BCUT2D eigenvalue weighted by Crippen LogP contribution is -2.02. The molecule has 0 bridgehead atoms. The molecule has 0 unspecified atom stereocenters. The van der Waals surface area contributed by atoms with Crippen molar-refractivity contribution in [2.45, 2.75) is 6.92 Å². The first-order valence-electron chi connectivity index (χ1n) is 7.89. The number of hydrazone groups is 1. The summed E-state index contributed by atoms with van der Waals surface area (Å²) < 4.78 is 5.24. The number of nitrogens with zero attached hydrogens (tertiary/aromatic N) is 1. The fraction of sp³-hybridized carbons (Fsp3) is 0.100. The van der Waals surface area contributed by atoms with E-state index in [4.69, 9.17) is 21.4 Å². The van der Waals surface area contributed by atoms with Crippen LogP contribution in [0.15, 0.2) is 59.7 Å². The second kappa shape index (κ2) is 7.45. The van der Waals surface area contributed by atoms with Crippen LogP contribution < -0.4 is 10.2 Å². The summed E-state index contributed by atoms with van der Waals surface area (Å²) in [5, 5.41) is 15.8. The van der Waals surface area contributed by atoms with Gasteiger partial charge in [-0.2, -0.15) is 5.10 Å². The molecule has 2 N–H and O–H groups in total. The Kier molecular flexibility index (Phi) is 5.09. The molecule has 0 spiro atoms. The minimum Gasteiger partial charge on any atom is -0.497 e. The van der Waals surface area contributed by atoms with E-state index in [1.54, 1.807) is 13.2 Å². The number of halogens is 1. The number of aromatic carboxylic acids is 1. The number of methoxy groups -OCH3 is 1. The molecule has 3 aromatic carbocycles. The van der Waals surface area contributed by atoms with Crippen molar-refractivity contribution in [2.75, 3.05) is 12.5 Å². The van der Waals surface area contributed by atoms with E-state index >= 15 is 0 Å². The Morgan fingerprint density at radius 3 is 2.54 bits per heavy atom. The molecule has 3 aromatic rings. The summed E-state index contributed by atoms with van der Waals surface area (Å²) in [6.07, 6.45) is 0. The Labute approximate surface area is 155 Å². The Balaban J connectivity index is 1.84. The summed E-state index contributed by atoms with van der Waals surface area (Å²) in [6, 6.07) is 16.6. The molecular formula is C20H17ClN2O3. The van der Waals surface area contributed by atoms with Crippen LogP contribution in [0.5, 0.6) is 5.75 Å². The summed E-state index contributed by atoms with van der Waals surface area (Å²) in [7, 11) is 1.64. The predicted molar refractivity (Wildman–Crippen MR) is 105 cm³/mol. The number of fused-ring (bicyclic) bond motifs is 1. The van der Waals surface area contributed by atoms with Crippen LogP contribution in [0.2, 0.25) is 5.02 Å². The predicted octanol–water partition coefficient (Wildman–Crippen LogP) is 5.04. The molecule has 0 heterocycles. The standard InChI is InChI=1S/C20H17ClN2O3/c1-12(22-23-16-6-8-19(21)18(11-16)20(24)25)13-3-4-15-10-17(26-2)7-5-14(15)9-13/h3-11,23H,1-2H3,(H,24,25). The second-order valence-corrected chi connectivity index (χ2v) is 6.14. The normalized spacial score (nSPS) is 11.4. The van der Waals surface area contributed by atoms with Gasteiger partial charge in [0.1, 0.15) is 5.75 Å². The van der Waals surface area contributed by atoms with E-state index < -0.39 is 5.97 Å². The van der Waals surface area contributed by atoms with E-state index in [0.717, 1.165) is 27.8 Å². The monoisotopic (exact) mass is 368 g/mol. The lowest BCUT2D eigenvalue weighted by molar-refractivity contribution is 0.0697. The van der Waals surface area contributed by atoms with Crippen molar-refractivity contribution in [3.8, 4) is 5.75 Å². The Morgan fingerprint density at radius 2 is 1.81 bits per heavy atom. The van der Waals surface area contributed by atoms with E-state index in [1.165, 1.54) is 12.1 Å². The van der Waals surface area contributed by atoms with E-state index in [0.29, 0.717) is 5.69 Å². The molecule has 26 heavy (non-hydrogen) atoms. The van der Waals surface area contributed by atoms with Crippen LogP contribution in [0.1, 0.15) is 22.8 Å². The zero-order chi connectivity index (χ0) is 18.7. The van der Waals surface area contributed by atoms with Crippen LogP contribution in [0.3, 0.4) is 0 Å². The molecule has 6 heteroatoms. The van der Waals surface area contributed by atoms with E-state index in [9.17, 15) is 4.79 Å². The van der Waals surface area contributed by atoms with Gasteiger partial charge in [0.2, 0.25) is 0 Å². The molecule has 132 valence electrons. The van der Waals surface area contributed by atoms with Crippen molar-refractivity contribution in [3.63, 3.8) is 0 Å². The summed E-state index contributed by atoms with van der Waals surface area (Å²) in [5.74, 6) is -0.265. The minimum atomic E-state index is -1.08. The average molecular weight is 369 g/mol. The molecular weight excluding hydrogens is 352 g/mol. The number of carbonyl (C=O) groups is 1. The molecule has 3 rings (SSSR count). The Hall–Kier alpha value is -3.05. The average Bonchev–Trinajstić information content (AvgIpc) is 2.65. The zero-order valence-electron chi connectivity index (χ0n) is 14.3. The molecule has 0 radical (unpaired) electrons. The molecule has 0 aromatic heterocycles.